The predicted octanol–water partition coefficient (Wildman–Crippen LogP) is 2.48. The molecule has 0 fully saturated rings. The van der Waals surface area contributed by atoms with Crippen LogP contribution in [0.4, 0.5) is 0 Å². The molecule has 1 heterocycles. The number of carbonyl (C=O) groups excluding carboxylic acids is 1. The summed E-state index contributed by atoms with van der Waals surface area (Å²) in [5.74, 6) is -0.0608. The average Bonchev–Trinajstić information content (AvgIpc) is 2.37. The van der Waals surface area contributed by atoms with Gasteiger partial charge in [-0.1, -0.05) is 12.1 Å². The zero-order valence-electron chi connectivity index (χ0n) is 9.43. The Balaban J connectivity index is 1.98. The topological polar surface area (TPSA) is 62.2 Å². The molecule has 0 bridgehead atoms. The maximum atomic E-state index is 11.8. The molecule has 4 nitrogen and oxygen atoms in total. The first kappa shape index (κ1) is 12.6. The first-order valence-electron chi connectivity index (χ1n) is 5.33. The van der Waals surface area contributed by atoms with Crippen LogP contribution in [0.1, 0.15) is 16.1 Å². The molecule has 2 rings (SSSR count). The number of hydrogen-bond acceptors (Lipinski definition) is 3. The number of hydrogen-bond donors (Lipinski definition) is 2. The van der Waals surface area contributed by atoms with E-state index < -0.39 is 0 Å². The van der Waals surface area contributed by atoms with Gasteiger partial charge in [-0.2, -0.15) is 0 Å². The van der Waals surface area contributed by atoms with Crippen LogP contribution in [0.2, 0.25) is 0 Å². The lowest BCUT2D eigenvalue weighted by molar-refractivity contribution is 0.0946. The Morgan fingerprint density at radius 2 is 2.17 bits per heavy atom. The third-order valence-corrected chi connectivity index (χ3v) is 2.79. The van der Waals surface area contributed by atoms with Gasteiger partial charge in [-0.3, -0.25) is 4.79 Å². The molecule has 0 unspecified atom stereocenters. The maximum Gasteiger partial charge on any atom is 0.270 e. The van der Waals surface area contributed by atoms with Crippen molar-refractivity contribution in [1.29, 1.82) is 0 Å². The van der Waals surface area contributed by atoms with E-state index in [0.717, 1.165) is 10.0 Å². The second kappa shape index (κ2) is 5.64. The van der Waals surface area contributed by atoms with Gasteiger partial charge in [0.25, 0.3) is 5.91 Å². The summed E-state index contributed by atoms with van der Waals surface area (Å²) in [4.78, 5) is 15.8. The van der Waals surface area contributed by atoms with Gasteiger partial charge < -0.3 is 10.4 Å². The number of rotatable bonds is 3. The fourth-order valence-corrected chi connectivity index (χ4v) is 1.68. The number of phenolic OH excluding ortho intramolecular Hbond substituents is 1. The predicted molar refractivity (Wildman–Crippen MR) is 71.2 cm³/mol. The van der Waals surface area contributed by atoms with E-state index in [9.17, 15) is 9.90 Å². The number of nitrogens with zero attached hydrogens (tertiary/aromatic N) is 1. The number of pyridine rings is 1. The van der Waals surface area contributed by atoms with Gasteiger partial charge in [0.1, 0.15) is 11.4 Å². The Hall–Kier alpha value is -1.88. The van der Waals surface area contributed by atoms with Crippen molar-refractivity contribution in [3.63, 3.8) is 0 Å². The number of halogens is 1. The van der Waals surface area contributed by atoms with Crippen LogP contribution in [-0.2, 0) is 6.54 Å². The van der Waals surface area contributed by atoms with Crippen LogP contribution in [0.15, 0.2) is 47.1 Å². The summed E-state index contributed by atoms with van der Waals surface area (Å²) < 4.78 is 0.826. The highest BCUT2D eigenvalue weighted by Crippen LogP contribution is 2.11. The molecule has 1 amide bonds. The van der Waals surface area contributed by atoms with E-state index in [-0.39, 0.29) is 11.7 Å². The summed E-state index contributed by atoms with van der Waals surface area (Å²) in [6.45, 7) is 0.352. The molecule has 0 atom stereocenters. The number of aromatic hydroxyl groups is 1. The number of phenols is 1. The molecule has 1 aromatic heterocycles. The third kappa shape index (κ3) is 3.30. The largest absolute Gasteiger partial charge is 0.508 e. The first-order chi connectivity index (χ1) is 8.65. The lowest BCUT2D eigenvalue weighted by atomic mass is 10.2. The normalized spacial score (nSPS) is 10.1. The van der Waals surface area contributed by atoms with Crippen LogP contribution in [0.5, 0.6) is 5.75 Å². The standard InChI is InChI=1S/C13H11BrN2O2/c14-10-4-5-12(15-8-10)13(18)16-7-9-2-1-3-11(17)6-9/h1-6,8,17H,7H2,(H,16,18). The Morgan fingerprint density at radius 3 is 2.83 bits per heavy atom. The fourth-order valence-electron chi connectivity index (χ4n) is 1.45. The summed E-state index contributed by atoms with van der Waals surface area (Å²) in [6.07, 6.45) is 1.57. The molecule has 0 spiro atoms. The van der Waals surface area contributed by atoms with E-state index in [0.29, 0.717) is 12.2 Å². The SMILES string of the molecule is O=C(NCc1cccc(O)c1)c1ccc(Br)cn1. The summed E-state index contributed by atoms with van der Waals surface area (Å²) in [5.41, 5.74) is 1.19. The Kier molecular flexibility index (Phi) is 3.94. The van der Waals surface area contributed by atoms with E-state index in [1.165, 1.54) is 0 Å². The summed E-state index contributed by atoms with van der Waals surface area (Å²) in [5, 5.41) is 12.0. The van der Waals surface area contributed by atoms with E-state index in [1.807, 2.05) is 6.07 Å². The smallest absolute Gasteiger partial charge is 0.270 e. The molecule has 5 heteroatoms. The van der Waals surface area contributed by atoms with Crippen LogP contribution < -0.4 is 5.32 Å². The lowest BCUT2D eigenvalue weighted by Crippen LogP contribution is -2.23. The van der Waals surface area contributed by atoms with Crippen molar-refractivity contribution in [2.75, 3.05) is 0 Å². The minimum Gasteiger partial charge on any atom is -0.508 e. The fraction of sp³-hybridized carbons (Fsp3) is 0.0769. The number of nitrogens with one attached hydrogen (secondary N) is 1. The van der Waals surface area contributed by atoms with Crippen LogP contribution in [-0.4, -0.2) is 16.0 Å². The van der Waals surface area contributed by atoms with E-state index in [2.05, 4.69) is 26.2 Å². The molecule has 0 saturated heterocycles. The minimum absolute atomic E-state index is 0.184. The van der Waals surface area contributed by atoms with Crippen molar-refractivity contribution < 1.29 is 9.90 Å². The van der Waals surface area contributed by atoms with Gasteiger partial charge in [-0.15, -0.1) is 0 Å². The number of carbonyl (C=O) groups is 1. The van der Waals surface area contributed by atoms with Crippen LogP contribution in [0.3, 0.4) is 0 Å². The zero-order chi connectivity index (χ0) is 13.0. The molecule has 0 aliphatic carbocycles. The summed E-state index contributed by atoms with van der Waals surface area (Å²) in [6, 6.07) is 10.2. The van der Waals surface area contributed by atoms with Crippen molar-refractivity contribution >= 4 is 21.8 Å². The second-order valence-corrected chi connectivity index (χ2v) is 4.63. The average molecular weight is 307 g/mol. The first-order valence-corrected chi connectivity index (χ1v) is 6.12. The van der Waals surface area contributed by atoms with Crippen molar-refractivity contribution in [2.45, 2.75) is 6.54 Å². The van der Waals surface area contributed by atoms with Crippen LogP contribution >= 0.6 is 15.9 Å². The maximum absolute atomic E-state index is 11.8. The number of aromatic nitrogens is 1. The van der Waals surface area contributed by atoms with Gasteiger partial charge in [0.05, 0.1) is 0 Å². The van der Waals surface area contributed by atoms with E-state index >= 15 is 0 Å². The van der Waals surface area contributed by atoms with Gasteiger partial charge in [-0.25, -0.2) is 4.98 Å². The van der Waals surface area contributed by atoms with Crippen LogP contribution in [0, 0.1) is 0 Å². The Bertz CT molecular complexity index is 555. The van der Waals surface area contributed by atoms with Gasteiger partial charge >= 0.3 is 0 Å². The highest BCUT2D eigenvalue weighted by atomic mass is 79.9. The highest BCUT2D eigenvalue weighted by Gasteiger charge is 2.06. The Labute approximate surface area is 113 Å². The lowest BCUT2D eigenvalue weighted by Gasteiger charge is -2.05. The molecule has 18 heavy (non-hydrogen) atoms. The van der Waals surface area contributed by atoms with Gasteiger partial charge in [0.15, 0.2) is 0 Å². The molecule has 2 N–H and O–H groups in total. The molecule has 0 radical (unpaired) electrons. The second-order valence-electron chi connectivity index (χ2n) is 3.71. The molecular formula is C13H11BrN2O2. The van der Waals surface area contributed by atoms with Crippen molar-refractivity contribution in [2.24, 2.45) is 0 Å². The van der Waals surface area contributed by atoms with Gasteiger partial charge in [0.2, 0.25) is 0 Å². The molecule has 92 valence electrons. The van der Waals surface area contributed by atoms with Crippen molar-refractivity contribution in [3.8, 4) is 5.75 Å². The Morgan fingerprint density at radius 1 is 1.33 bits per heavy atom. The quantitative estimate of drug-likeness (QED) is 0.916. The number of amides is 1. The monoisotopic (exact) mass is 306 g/mol. The molecule has 0 aliphatic heterocycles. The summed E-state index contributed by atoms with van der Waals surface area (Å²) >= 11 is 3.26. The van der Waals surface area contributed by atoms with Crippen molar-refractivity contribution in [3.05, 3.63) is 58.3 Å². The summed E-state index contributed by atoms with van der Waals surface area (Å²) in [7, 11) is 0. The molecule has 2 aromatic rings. The van der Waals surface area contributed by atoms with Crippen molar-refractivity contribution in [1.82, 2.24) is 10.3 Å². The molecule has 0 saturated carbocycles. The third-order valence-electron chi connectivity index (χ3n) is 2.32. The van der Waals surface area contributed by atoms with E-state index in [1.54, 1.807) is 36.5 Å². The zero-order valence-corrected chi connectivity index (χ0v) is 11.0. The molecule has 1 aromatic carbocycles. The van der Waals surface area contributed by atoms with Crippen LogP contribution in [0.25, 0.3) is 0 Å². The minimum atomic E-state index is -0.245. The highest BCUT2D eigenvalue weighted by molar-refractivity contribution is 9.10. The molecular weight excluding hydrogens is 296 g/mol. The number of benzene rings is 1. The van der Waals surface area contributed by atoms with Gasteiger partial charge in [-0.05, 0) is 45.8 Å². The van der Waals surface area contributed by atoms with E-state index in [4.69, 9.17) is 0 Å². The van der Waals surface area contributed by atoms with Gasteiger partial charge in [0, 0.05) is 17.2 Å². The molecule has 0 aliphatic rings.